The third-order valence-corrected chi connectivity index (χ3v) is 6.41. The van der Waals surface area contributed by atoms with Gasteiger partial charge >= 0.3 is 13.3 Å². The molecule has 1 aromatic heterocycles. The molecule has 11 nitrogen and oxygen atoms in total. The molecule has 0 unspecified atom stereocenters. The highest BCUT2D eigenvalue weighted by molar-refractivity contribution is 7.86. The van der Waals surface area contributed by atoms with Crippen molar-refractivity contribution in [3.63, 3.8) is 0 Å². The van der Waals surface area contributed by atoms with Crippen molar-refractivity contribution >= 4 is 17.7 Å². The summed E-state index contributed by atoms with van der Waals surface area (Å²) in [6.45, 7) is 1.51. The smallest absolute Gasteiger partial charge is 0.332 e. The van der Waals surface area contributed by atoms with E-state index >= 15 is 0 Å². The molecule has 13 heteroatoms. The van der Waals surface area contributed by atoms with Gasteiger partial charge in [-0.15, -0.1) is 0 Å². The monoisotopic (exact) mass is 412 g/mol. The number of nitrogens with one attached hydrogen (secondary N) is 1. The highest BCUT2D eigenvalue weighted by atomic mass is 32.2. The van der Waals surface area contributed by atoms with E-state index in [1.807, 2.05) is 0 Å². The number of nitrogens with zero attached hydrogens (tertiary/aromatic N) is 1. The molecule has 148 valence electrons. The molecule has 0 aromatic carbocycles. The fourth-order valence-electron chi connectivity index (χ4n) is 2.61. The lowest BCUT2D eigenvalue weighted by Crippen LogP contribution is -2.33. The lowest BCUT2D eigenvalue weighted by Gasteiger charge is -2.21. The second-order valence-corrected chi connectivity index (χ2v) is 9.76. The Hall–Kier alpha value is -1.30. The van der Waals surface area contributed by atoms with E-state index < -0.39 is 47.4 Å². The molecule has 1 aliphatic heterocycles. The normalized spacial score (nSPS) is 24.1. The first kappa shape index (κ1) is 21.0. The molecule has 0 radical (unpaired) electrons. The number of hydrogen-bond donors (Lipinski definition) is 1. The molecule has 1 saturated heterocycles. The maximum atomic E-state index is 12.4. The first-order valence-electron chi connectivity index (χ1n) is 7.54. The number of aryl methyl sites for hydroxylation is 1. The molecule has 0 saturated carbocycles. The topological polar surface area (TPSA) is 143 Å². The van der Waals surface area contributed by atoms with Crippen LogP contribution in [0.5, 0.6) is 0 Å². The minimum Gasteiger partial charge on any atom is -0.351 e. The van der Waals surface area contributed by atoms with Gasteiger partial charge in [-0.3, -0.25) is 23.1 Å². The summed E-state index contributed by atoms with van der Waals surface area (Å²) in [5.74, 6) is 0. The largest absolute Gasteiger partial charge is 0.351 e. The van der Waals surface area contributed by atoms with Crippen molar-refractivity contribution in [1.82, 2.24) is 9.55 Å². The van der Waals surface area contributed by atoms with Crippen LogP contribution in [0.4, 0.5) is 0 Å². The second-order valence-electron chi connectivity index (χ2n) is 5.84. The highest BCUT2D eigenvalue weighted by Crippen LogP contribution is 2.49. The van der Waals surface area contributed by atoms with Gasteiger partial charge in [-0.05, 0) is 6.92 Å². The SMILES string of the molecule is COP(=O)(C[C@H]1O[C@@H](n2cc(C)c(=O)[nH]c2=O)C[C@H]1OS(C)(=O)=O)OC. The predicted octanol–water partition coefficient (Wildman–Crippen LogP) is -0.0368. The average Bonchev–Trinajstić information content (AvgIpc) is 2.91. The van der Waals surface area contributed by atoms with Crippen molar-refractivity contribution in [1.29, 1.82) is 0 Å². The van der Waals surface area contributed by atoms with Crippen LogP contribution in [0.15, 0.2) is 15.8 Å². The summed E-state index contributed by atoms with van der Waals surface area (Å²) in [7, 11) is -4.98. The second kappa shape index (κ2) is 7.75. The molecule has 1 N–H and O–H groups in total. The molecule has 0 aliphatic carbocycles. The Bertz CT molecular complexity index is 914. The summed E-state index contributed by atoms with van der Waals surface area (Å²) in [4.78, 5) is 25.7. The van der Waals surface area contributed by atoms with Gasteiger partial charge in [0.15, 0.2) is 0 Å². The van der Waals surface area contributed by atoms with Crippen molar-refractivity contribution < 1.29 is 31.0 Å². The van der Waals surface area contributed by atoms with E-state index in [-0.39, 0.29) is 18.1 Å². The molecule has 1 fully saturated rings. The first-order chi connectivity index (χ1) is 12.0. The van der Waals surface area contributed by atoms with Crippen molar-refractivity contribution in [2.45, 2.75) is 31.8 Å². The molecule has 0 spiro atoms. The number of hydrogen-bond acceptors (Lipinski definition) is 9. The molecule has 2 rings (SSSR count). The summed E-state index contributed by atoms with van der Waals surface area (Å²) >= 11 is 0. The van der Waals surface area contributed by atoms with Crippen LogP contribution in [-0.4, -0.2) is 56.8 Å². The van der Waals surface area contributed by atoms with E-state index in [4.69, 9.17) is 18.0 Å². The van der Waals surface area contributed by atoms with E-state index in [0.29, 0.717) is 0 Å². The maximum absolute atomic E-state index is 12.4. The molecule has 0 amide bonds. The van der Waals surface area contributed by atoms with Gasteiger partial charge in [0, 0.05) is 32.4 Å². The summed E-state index contributed by atoms with van der Waals surface area (Å²) in [5.41, 5.74) is -0.976. The minimum absolute atomic E-state index is 0.0173. The summed E-state index contributed by atoms with van der Waals surface area (Å²) in [6.07, 6.45) is -1.01. The summed E-state index contributed by atoms with van der Waals surface area (Å²) in [5, 5.41) is 0. The lowest BCUT2D eigenvalue weighted by atomic mass is 10.2. The number of aromatic amines is 1. The third-order valence-electron chi connectivity index (χ3n) is 3.89. The zero-order valence-corrected chi connectivity index (χ0v) is 16.4. The van der Waals surface area contributed by atoms with Gasteiger partial charge in [-0.1, -0.05) is 0 Å². The Balaban J connectivity index is 2.35. The molecular weight excluding hydrogens is 391 g/mol. The van der Waals surface area contributed by atoms with Crippen molar-refractivity contribution in [3.8, 4) is 0 Å². The Labute approximate surface area is 149 Å². The van der Waals surface area contributed by atoms with E-state index in [9.17, 15) is 22.6 Å². The van der Waals surface area contributed by atoms with Gasteiger partial charge in [0.1, 0.15) is 12.3 Å². The van der Waals surface area contributed by atoms with E-state index in [1.165, 1.54) is 27.3 Å². The zero-order chi connectivity index (χ0) is 19.7. The first-order valence-corrected chi connectivity index (χ1v) is 11.1. The van der Waals surface area contributed by atoms with Crippen LogP contribution in [0.25, 0.3) is 0 Å². The molecule has 1 aliphatic rings. The Kier molecular flexibility index (Phi) is 6.26. The summed E-state index contributed by atoms with van der Waals surface area (Å²) in [6, 6.07) is 0. The molecular formula is C13H21N2O9PS. The van der Waals surface area contributed by atoms with Crippen LogP contribution in [0, 0.1) is 6.92 Å². The Morgan fingerprint density at radius 1 is 1.35 bits per heavy atom. The average molecular weight is 412 g/mol. The fraction of sp³-hybridized carbons (Fsp3) is 0.692. The number of H-pyrrole nitrogens is 1. The van der Waals surface area contributed by atoms with Crippen molar-refractivity contribution in [3.05, 3.63) is 32.6 Å². The van der Waals surface area contributed by atoms with Crippen LogP contribution < -0.4 is 11.2 Å². The number of aromatic nitrogens is 2. The van der Waals surface area contributed by atoms with E-state index in [0.717, 1.165) is 10.8 Å². The van der Waals surface area contributed by atoms with Gasteiger partial charge in [0.05, 0.1) is 18.5 Å². The molecule has 2 heterocycles. The molecule has 1 aromatic rings. The Morgan fingerprint density at radius 2 is 1.96 bits per heavy atom. The van der Waals surface area contributed by atoms with Gasteiger partial charge < -0.3 is 13.8 Å². The van der Waals surface area contributed by atoms with Crippen LogP contribution in [-0.2, 0) is 32.7 Å². The van der Waals surface area contributed by atoms with Crippen molar-refractivity contribution in [2.75, 3.05) is 26.6 Å². The van der Waals surface area contributed by atoms with Crippen LogP contribution in [0.3, 0.4) is 0 Å². The third kappa shape index (κ3) is 4.90. The van der Waals surface area contributed by atoms with Gasteiger partial charge in [-0.2, -0.15) is 8.42 Å². The molecule has 3 atom stereocenters. The van der Waals surface area contributed by atoms with E-state index in [2.05, 4.69) is 4.98 Å². The van der Waals surface area contributed by atoms with E-state index in [1.54, 1.807) is 0 Å². The quantitative estimate of drug-likeness (QED) is 0.482. The van der Waals surface area contributed by atoms with Crippen LogP contribution in [0.1, 0.15) is 18.2 Å². The van der Waals surface area contributed by atoms with Crippen LogP contribution >= 0.6 is 7.60 Å². The van der Waals surface area contributed by atoms with Gasteiger partial charge in [0.2, 0.25) is 0 Å². The van der Waals surface area contributed by atoms with Gasteiger partial charge in [0.25, 0.3) is 15.7 Å². The summed E-state index contributed by atoms with van der Waals surface area (Å²) < 4.78 is 57.0. The lowest BCUT2D eigenvalue weighted by molar-refractivity contribution is -0.00677. The standard InChI is InChI=1S/C13H21N2O9PS/c1-8-6-15(13(17)14-12(8)16)11-5-9(24-26(4,19)20)10(23-11)7-25(18,21-2)22-3/h6,9-11H,5,7H2,1-4H3,(H,14,16,17)/t9-,10-,11-/m1/s1. The number of ether oxygens (including phenoxy) is 1. The molecule has 0 bridgehead atoms. The highest BCUT2D eigenvalue weighted by Gasteiger charge is 2.43. The predicted molar refractivity (Wildman–Crippen MR) is 90.8 cm³/mol. The Morgan fingerprint density at radius 3 is 2.50 bits per heavy atom. The maximum Gasteiger partial charge on any atom is 0.332 e. The minimum atomic E-state index is -3.84. The molecule has 26 heavy (non-hydrogen) atoms. The van der Waals surface area contributed by atoms with Crippen LogP contribution in [0.2, 0.25) is 0 Å². The van der Waals surface area contributed by atoms with Gasteiger partial charge in [-0.25, -0.2) is 4.79 Å². The fourth-order valence-corrected chi connectivity index (χ4v) is 4.47. The van der Waals surface area contributed by atoms with Crippen molar-refractivity contribution in [2.24, 2.45) is 0 Å². The number of rotatable bonds is 7. The zero-order valence-electron chi connectivity index (χ0n) is 14.7.